The first kappa shape index (κ1) is 14.4. The summed E-state index contributed by atoms with van der Waals surface area (Å²) in [6, 6.07) is 4.10. The van der Waals surface area contributed by atoms with Crippen molar-refractivity contribution in [3.63, 3.8) is 0 Å². The Bertz CT molecular complexity index is 423. The summed E-state index contributed by atoms with van der Waals surface area (Å²) in [5, 5.41) is 0. The molecule has 4 heteroatoms. The fourth-order valence-electron chi connectivity index (χ4n) is 2.81. The number of halogens is 2. The Labute approximate surface area is 113 Å². The van der Waals surface area contributed by atoms with Crippen LogP contribution in [0.4, 0.5) is 8.78 Å². The van der Waals surface area contributed by atoms with Gasteiger partial charge in [0.2, 0.25) is 0 Å². The molecule has 0 aromatic heterocycles. The molecule has 2 atom stereocenters. The van der Waals surface area contributed by atoms with Gasteiger partial charge in [0, 0.05) is 12.6 Å². The highest BCUT2D eigenvalue weighted by atomic mass is 19.2. The van der Waals surface area contributed by atoms with E-state index in [1.165, 1.54) is 18.6 Å². The number of hydrogen-bond donors (Lipinski definition) is 1. The SMILES string of the molecule is CC1CCCN(C(CN)c2ccc(F)c(F)c2)CC1. The number of likely N-dealkylation sites (tertiary alicyclic amines) is 1. The number of rotatable bonds is 3. The number of nitrogens with zero attached hydrogens (tertiary/aromatic N) is 1. The molecule has 0 bridgehead atoms. The maximum atomic E-state index is 13.4. The molecule has 1 aliphatic rings. The molecule has 0 radical (unpaired) electrons. The van der Waals surface area contributed by atoms with Crippen molar-refractivity contribution in [1.82, 2.24) is 4.90 Å². The fraction of sp³-hybridized carbons (Fsp3) is 0.600. The van der Waals surface area contributed by atoms with Crippen molar-refractivity contribution in [1.29, 1.82) is 0 Å². The summed E-state index contributed by atoms with van der Waals surface area (Å²) in [7, 11) is 0. The van der Waals surface area contributed by atoms with Crippen molar-refractivity contribution in [2.75, 3.05) is 19.6 Å². The summed E-state index contributed by atoms with van der Waals surface area (Å²) in [5.41, 5.74) is 6.63. The molecule has 0 spiro atoms. The van der Waals surface area contributed by atoms with Gasteiger partial charge >= 0.3 is 0 Å². The average molecular weight is 268 g/mol. The van der Waals surface area contributed by atoms with Crippen LogP contribution in [0.25, 0.3) is 0 Å². The molecule has 1 saturated heterocycles. The van der Waals surface area contributed by atoms with Crippen molar-refractivity contribution in [2.45, 2.75) is 32.2 Å². The second-order valence-corrected chi connectivity index (χ2v) is 5.50. The van der Waals surface area contributed by atoms with E-state index in [1.807, 2.05) is 0 Å². The summed E-state index contributed by atoms with van der Waals surface area (Å²) in [6.45, 7) is 4.64. The largest absolute Gasteiger partial charge is 0.329 e. The lowest BCUT2D eigenvalue weighted by molar-refractivity contribution is 0.207. The third-order valence-electron chi connectivity index (χ3n) is 4.04. The average Bonchev–Trinajstić information content (AvgIpc) is 2.60. The van der Waals surface area contributed by atoms with E-state index in [0.29, 0.717) is 6.54 Å². The van der Waals surface area contributed by atoms with Crippen LogP contribution in [0.3, 0.4) is 0 Å². The molecule has 0 saturated carbocycles. The van der Waals surface area contributed by atoms with Gasteiger partial charge in [-0.3, -0.25) is 4.90 Å². The Balaban J connectivity index is 2.16. The number of benzene rings is 1. The molecule has 0 amide bonds. The van der Waals surface area contributed by atoms with E-state index in [-0.39, 0.29) is 6.04 Å². The molecule has 1 aliphatic heterocycles. The molecule has 106 valence electrons. The third kappa shape index (κ3) is 3.51. The predicted octanol–water partition coefficient (Wildman–Crippen LogP) is 3.09. The molecule has 1 aromatic carbocycles. The molecule has 0 aliphatic carbocycles. The molecule has 1 aromatic rings. The lowest BCUT2D eigenvalue weighted by Gasteiger charge is -2.30. The van der Waals surface area contributed by atoms with Crippen LogP contribution in [0.5, 0.6) is 0 Å². The van der Waals surface area contributed by atoms with Crippen molar-refractivity contribution in [2.24, 2.45) is 11.7 Å². The molecule has 2 unspecified atom stereocenters. The van der Waals surface area contributed by atoms with Crippen LogP contribution in [-0.2, 0) is 0 Å². The zero-order chi connectivity index (χ0) is 13.8. The zero-order valence-corrected chi connectivity index (χ0v) is 11.4. The van der Waals surface area contributed by atoms with Gasteiger partial charge < -0.3 is 5.73 Å². The first-order valence-corrected chi connectivity index (χ1v) is 7.01. The highest BCUT2D eigenvalue weighted by Gasteiger charge is 2.22. The van der Waals surface area contributed by atoms with E-state index in [9.17, 15) is 8.78 Å². The molecular weight excluding hydrogens is 246 g/mol. The van der Waals surface area contributed by atoms with E-state index in [0.717, 1.165) is 37.4 Å². The summed E-state index contributed by atoms with van der Waals surface area (Å²) < 4.78 is 26.4. The van der Waals surface area contributed by atoms with E-state index >= 15 is 0 Å². The standard InChI is InChI=1S/C15H22F2N2/c1-11-3-2-7-19(8-6-11)15(10-18)12-4-5-13(16)14(17)9-12/h4-5,9,11,15H,2-3,6-8,10,18H2,1H3. The van der Waals surface area contributed by atoms with Gasteiger partial charge in [-0.1, -0.05) is 13.0 Å². The summed E-state index contributed by atoms with van der Waals surface area (Å²) in [5.74, 6) is -0.864. The van der Waals surface area contributed by atoms with Crippen LogP contribution in [0.1, 0.15) is 37.8 Å². The van der Waals surface area contributed by atoms with Crippen molar-refractivity contribution >= 4 is 0 Å². The quantitative estimate of drug-likeness (QED) is 0.912. The molecule has 2 N–H and O–H groups in total. The fourth-order valence-corrected chi connectivity index (χ4v) is 2.81. The van der Waals surface area contributed by atoms with Crippen LogP contribution >= 0.6 is 0 Å². The summed E-state index contributed by atoms with van der Waals surface area (Å²) in [6.07, 6.45) is 3.51. The molecular formula is C15H22F2N2. The van der Waals surface area contributed by atoms with Crippen LogP contribution in [-0.4, -0.2) is 24.5 Å². The molecule has 2 rings (SSSR count). The topological polar surface area (TPSA) is 29.3 Å². The van der Waals surface area contributed by atoms with Gasteiger partial charge in [-0.25, -0.2) is 8.78 Å². The van der Waals surface area contributed by atoms with Crippen molar-refractivity contribution in [3.8, 4) is 0 Å². The van der Waals surface area contributed by atoms with E-state index in [4.69, 9.17) is 5.73 Å². The van der Waals surface area contributed by atoms with E-state index in [2.05, 4.69) is 11.8 Å². The Morgan fingerprint density at radius 3 is 2.74 bits per heavy atom. The number of hydrogen-bond acceptors (Lipinski definition) is 2. The first-order chi connectivity index (χ1) is 9.11. The van der Waals surface area contributed by atoms with Gasteiger partial charge in [0.05, 0.1) is 0 Å². The summed E-state index contributed by atoms with van der Waals surface area (Å²) in [4.78, 5) is 2.30. The minimum absolute atomic E-state index is 0.0135. The Kier molecular flexibility index (Phi) is 4.88. The first-order valence-electron chi connectivity index (χ1n) is 7.01. The Morgan fingerprint density at radius 2 is 2.05 bits per heavy atom. The van der Waals surface area contributed by atoms with Gasteiger partial charge in [-0.2, -0.15) is 0 Å². The van der Waals surface area contributed by atoms with Crippen LogP contribution in [0.15, 0.2) is 18.2 Å². The minimum Gasteiger partial charge on any atom is -0.329 e. The van der Waals surface area contributed by atoms with Crippen molar-refractivity contribution < 1.29 is 8.78 Å². The predicted molar refractivity (Wildman–Crippen MR) is 72.7 cm³/mol. The molecule has 1 fully saturated rings. The molecule has 2 nitrogen and oxygen atoms in total. The third-order valence-corrected chi connectivity index (χ3v) is 4.04. The highest BCUT2D eigenvalue weighted by Crippen LogP contribution is 2.26. The lowest BCUT2D eigenvalue weighted by Crippen LogP contribution is -2.34. The van der Waals surface area contributed by atoms with Gasteiger partial charge in [0.1, 0.15) is 0 Å². The summed E-state index contributed by atoms with van der Waals surface area (Å²) >= 11 is 0. The smallest absolute Gasteiger partial charge is 0.159 e. The van der Waals surface area contributed by atoms with Crippen molar-refractivity contribution in [3.05, 3.63) is 35.4 Å². The Morgan fingerprint density at radius 1 is 1.26 bits per heavy atom. The number of nitrogens with two attached hydrogens (primary N) is 1. The van der Waals surface area contributed by atoms with E-state index < -0.39 is 11.6 Å². The van der Waals surface area contributed by atoms with Gasteiger partial charge in [-0.05, 0) is 56.0 Å². The maximum absolute atomic E-state index is 13.4. The van der Waals surface area contributed by atoms with Gasteiger partial charge in [-0.15, -0.1) is 0 Å². The van der Waals surface area contributed by atoms with Gasteiger partial charge in [0.25, 0.3) is 0 Å². The van der Waals surface area contributed by atoms with Gasteiger partial charge in [0.15, 0.2) is 11.6 Å². The Hall–Kier alpha value is -1.00. The molecule has 1 heterocycles. The van der Waals surface area contributed by atoms with Crippen LogP contribution in [0.2, 0.25) is 0 Å². The van der Waals surface area contributed by atoms with Crippen LogP contribution < -0.4 is 5.73 Å². The zero-order valence-electron chi connectivity index (χ0n) is 11.4. The molecule has 19 heavy (non-hydrogen) atoms. The monoisotopic (exact) mass is 268 g/mol. The second kappa shape index (κ2) is 6.44. The maximum Gasteiger partial charge on any atom is 0.159 e. The minimum atomic E-state index is -0.802. The normalized spacial score (nSPS) is 23.1. The van der Waals surface area contributed by atoms with E-state index in [1.54, 1.807) is 6.07 Å². The van der Waals surface area contributed by atoms with Crippen LogP contribution in [0, 0.1) is 17.6 Å². The lowest BCUT2D eigenvalue weighted by atomic mass is 10.0. The highest BCUT2D eigenvalue weighted by molar-refractivity contribution is 5.22. The second-order valence-electron chi connectivity index (χ2n) is 5.50.